The molecule has 0 bridgehead atoms. The molecule has 6 heteroatoms. The first kappa shape index (κ1) is 13.9. The Labute approximate surface area is 121 Å². The van der Waals surface area contributed by atoms with E-state index in [1.165, 1.54) is 6.07 Å². The Bertz CT molecular complexity index is 589. The number of hydrogen-bond acceptors (Lipinski definition) is 3. The van der Waals surface area contributed by atoms with Crippen LogP contribution >= 0.6 is 0 Å². The quantitative estimate of drug-likeness (QED) is 0.892. The van der Waals surface area contributed by atoms with Gasteiger partial charge in [-0.1, -0.05) is 12.1 Å². The molecule has 2 aliphatic rings. The van der Waals surface area contributed by atoms with Gasteiger partial charge in [0.2, 0.25) is 5.91 Å². The molecular formula is C15H16FNO4. The van der Waals surface area contributed by atoms with Crippen LogP contribution in [0, 0.1) is 17.7 Å². The van der Waals surface area contributed by atoms with E-state index < -0.39 is 23.6 Å². The number of carboxylic acid groups (broad SMARTS) is 1. The second kappa shape index (κ2) is 5.35. The zero-order valence-corrected chi connectivity index (χ0v) is 11.3. The number of carbonyl (C=O) groups is 2. The molecule has 1 amide bonds. The number of aliphatic carboxylic acids is 1. The van der Waals surface area contributed by atoms with Gasteiger partial charge in [0.25, 0.3) is 0 Å². The van der Waals surface area contributed by atoms with Gasteiger partial charge < -0.3 is 15.2 Å². The lowest BCUT2D eigenvalue weighted by Crippen LogP contribution is -2.45. The van der Waals surface area contributed by atoms with E-state index in [9.17, 15) is 14.0 Å². The molecule has 1 saturated carbocycles. The highest BCUT2D eigenvalue weighted by Gasteiger charge is 2.42. The number of fused-ring (bicyclic) bond motifs is 1. The Morgan fingerprint density at radius 3 is 2.67 bits per heavy atom. The van der Waals surface area contributed by atoms with Crippen LogP contribution in [0.15, 0.2) is 18.2 Å². The van der Waals surface area contributed by atoms with Crippen LogP contribution in [0.3, 0.4) is 0 Å². The minimum atomic E-state index is -0.931. The molecule has 112 valence electrons. The summed E-state index contributed by atoms with van der Waals surface area (Å²) in [4.78, 5) is 23.2. The second-order valence-electron chi connectivity index (χ2n) is 5.49. The fourth-order valence-corrected chi connectivity index (χ4v) is 2.92. The molecule has 2 N–H and O–H groups in total. The third-order valence-corrected chi connectivity index (χ3v) is 4.27. The summed E-state index contributed by atoms with van der Waals surface area (Å²) in [6, 6.07) is 4.28. The van der Waals surface area contributed by atoms with Gasteiger partial charge in [-0.2, -0.15) is 0 Å². The summed E-state index contributed by atoms with van der Waals surface area (Å²) in [5.41, 5.74) is 0.612. The molecule has 2 unspecified atom stereocenters. The van der Waals surface area contributed by atoms with Crippen LogP contribution in [-0.4, -0.2) is 23.6 Å². The average Bonchev–Trinajstić information content (AvgIpc) is 2.38. The summed E-state index contributed by atoms with van der Waals surface area (Å²) < 4.78 is 19.0. The van der Waals surface area contributed by atoms with Crippen molar-refractivity contribution in [3.05, 3.63) is 29.6 Å². The third kappa shape index (κ3) is 2.46. The predicted molar refractivity (Wildman–Crippen MR) is 71.2 cm³/mol. The molecule has 1 aromatic carbocycles. The van der Waals surface area contributed by atoms with E-state index in [1.807, 2.05) is 0 Å². The first-order valence-electron chi connectivity index (χ1n) is 7.02. The molecule has 1 aromatic rings. The highest BCUT2D eigenvalue weighted by atomic mass is 19.1. The van der Waals surface area contributed by atoms with Crippen LogP contribution in [0.2, 0.25) is 0 Å². The maximum Gasteiger partial charge on any atom is 0.307 e. The monoisotopic (exact) mass is 293 g/mol. The molecule has 1 aliphatic carbocycles. The van der Waals surface area contributed by atoms with Crippen molar-refractivity contribution >= 4 is 11.9 Å². The van der Waals surface area contributed by atoms with Gasteiger partial charge in [0.15, 0.2) is 11.6 Å². The summed E-state index contributed by atoms with van der Waals surface area (Å²) in [5.74, 6) is -2.55. The molecule has 3 atom stereocenters. The number of amides is 1. The molecule has 0 aromatic heterocycles. The third-order valence-electron chi connectivity index (χ3n) is 4.27. The van der Waals surface area contributed by atoms with Crippen LogP contribution in [0.4, 0.5) is 4.39 Å². The molecule has 0 radical (unpaired) electrons. The second-order valence-corrected chi connectivity index (χ2v) is 5.49. The van der Waals surface area contributed by atoms with Crippen molar-refractivity contribution in [2.45, 2.75) is 25.3 Å². The van der Waals surface area contributed by atoms with E-state index in [2.05, 4.69) is 5.32 Å². The number of hydrogen-bond donors (Lipinski definition) is 2. The maximum absolute atomic E-state index is 13.7. The standard InChI is InChI=1S/C15H16FNO4/c16-11-3-1-2-10-12(6-7-21-13(10)11)17-14(18)8-4-5-9(8)15(19)20/h1-3,8-9,12H,4-7H2,(H,17,18)(H,19,20)/t8?,9?,12-/m0/s1. The number of ether oxygens (including phenoxy) is 1. The number of carbonyl (C=O) groups excluding carboxylic acids is 1. The molecule has 0 spiro atoms. The van der Waals surface area contributed by atoms with Crippen molar-refractivity contribution in [3.8, 4) is 5.75 Å². The molecule has 1 fully saturated rings. The van der Waals surface area contributed by atoms with Crippen LogP contribution in [0.5, 0.6) is 5.75 Å². The van der Waals surface area contributed by atoms with Gasteiger partial charge in [-0.05, 0) is 18.9 Å². The Morgan fingerprint density at radius 1 is 1.24 bits per heavy atom. The topological polar surface area (TPSA) is 75.6 Å². The smallest absolute Gasteiger partial charge is 0.307 e. The molecular weight excluding hydrogens is 277 g/mol. The molecule has 0 saturated heterocycles. The maximum atomic E-state index is 13.7. The van der Waals surface area contributed by atoms with Crippen molar-refractivity contribution in [2.24, 2.45) is 11.8 Å². The van der Waals surface area contributed by atoms with Crippen molar-refractivity contribution in [2.75, 3.05) is 6.61 Å². The first-order valence-corrected chi connectivity index (χ1v) is 7.02. The van der Waals surface area contributed by atoms with Gasteiger partial charge in [-0.3, -0.25) is 9.59 Å². The molecule has 21 heavy (non-hydrogen) atoms. The zero-order valence-electron chi connectivity index (χ0n) is 11.3. The summed E-state index contributed by atoms with van der Waals surface area (Å²) in [6.07, 6.45) is 1.67. The summed E-state index contributed by atoms with van der Waals surface area (Å²) in [7, 11) is 0. The van der Waals surface area contributed by atoms with Crippen LogP contribution in [-0.2, 0) is 9.59 Å². The van der Waals surface area contributed by atoms with E-state index in [4.69, 9.17) is 9.84 Å². The minimum Gasteiger partial charge on any atom is -0.490 e. The fraction of sp³-hybridized carbons (Fsp3) is 0.467. The van der Waals surface area contributed by atoms with Gasteiger partial charge in [-0.15, -0.1) is 0 Å². The van der Waals surface area contributed by atoms with E-state index in [0.717, 1.165) is 0 Å². The Balaban J connectivity index is 1.74. The number of benzene rings is 1. The van der Waals surface area contributed by atoms with Crippen molar-refractivity contribution in [1.29, 1.82) is 0 Å². The normalized spacial score (nSPS) is 27.0. The number of rotatable bonds is 3. The minimum absolute atomic E-state index is 0.178. The van der Waals surface area contributed by atoms with Crippen molar-refractivity contribution in [3.63, 3.8) is 0 Å². The van der Waals surface area contributed by atoms with Gasteiger partial charge in [0.05, 0.1) is 24.5 Å². The highest BCUT2D eigenvalue weighted by molar-refractivity contribution is 5.86. The molecule has 3 rings (SSSR count). The summed E-state index contributed by atoms with van der Waals surface area (Å²) in [6.45, 7) is 0.325. The molecule has 1 aliphatic heterocycles. The number of para-hydroxylation sites is 1. The fourth-order valence-electron chi connectivity index (χ4n) is 2.92. The van der Waals surface area contributed by atoms with Crippen molar-refractivity contribution in [1.82, 2.24) is 5.32 Å². The van der Waals surface area contributed by atoms with E-state index in [1.54, 1.807) is 12.1 Å². The van der Waals surface area contributed by atoms with E-state index >= 15 is 0 Å². The Hall–Kier alpha value is -2.11. The van der Waals surface area contributed by atoms with Gasteiger partial charge >= 0.3 is 5.97 Å². The lowest BCUT2D eigenvalue weighted by Gasteiger charge is -2.34. The van der Waals surface area contributed by atoms with Gasteiger partial charge in [0.1, 0.15) is 0 Å². The largest absolute Gasteiger partial charge is 0.490 e. The number of nitrogens with one attached hydrogen (secondary N) is 1. The van der Waals surface area contributed by atoms with Crippen molar-refractivity contribution < 1.29 is 23.8 Å². The summed E-state index contributed by atoms with van der Waals surface area (Å²) >= 11 is 0. The summed E-state index contributed by atoms with van der Waals surface area (Å²) in [5, 5.41) is 11.8. The van der Waals surface area contributed by atoms with E-state index in [-0.39, 0.29) is 17.7 Å². The SMILES string of the molecule is O=C(O)C1CCC1C(=O)N[C@H]1CCOc2c(F)cccc21. The van der Waals surface area contributed by atoms with Crippen LogP contribution in [0.1, 0.15) is 30.9 Å². The average molecular weight is 293 g/mol. The van der Waals surface area contributed by atoms with E-state index in [0.29, 0.717) is 31.4 Å². The Morgan fingerprint density at radius 2 is 2.00 bits per heavy atom. The highest BCUT2D eigenvalue weighted by Crippen LogP contribution is 2.37. The number of halogens is 1. The lowest BCUT2D eigenvalue weighted by atomic mass is 9.73. The zero-order chi connectivity index (χ0) is 15.0. The van der Waals surface area contributed by atoms with Crippen LogP contribution in [0.25, 0.3) is 0 Å². The van der Waals surface area contributed by atoms with Gasteiger partial charge in [0, 0.05) is 12.0 Å². The molecule has 5 nitrogen and oxygen atoms in total. The Kier molecular flexibility index (Phi) is 3.53. The van der Waals surface area contributed by atoms with Gasteiger partial charge in [-0.25, -0.2) is 4.39 Å². The van der Waals surface area contributed by atoms with Crippen LogP contribution < -0.4 is 10.1 Å². The predicted octanol–water partition coefficient (Wildman–Crippen LogP) is 1.88. The first-order chi connectivity index (χ1) is 10.1. The molecule has 1 heterocycles. The lowest BCUT2D eigenvalue weighted by molar-refractivity contribution is -0.153. The number of carboxylic acids is 1.